The number of benzene rings is 1. The normalized spacial score (nSPS) is 9.76. The number of carboxylic acid groups (broad SMARTS) is 1. The van der Waals surface area contributed by atoms with Crippen LogP contribution in [0.2, 0.25) is 5.02 Å². The van der Waals surface area contributed by atoms with Crippen molar-refractivity contribution in [2.45, 2.75) is 13.3 Å². The van der Waals surface area contributed by atoms with Crippen LogP contribution in [0.15, 0.2) is 24.3 Å². The molecule has 112 valence electrons. The Kier molecular flexibility index (Phi) is 6.57. The topological polar surface area (TPSA) is 60.9 Å². The summed E-state index contributed by atoms with van der Waals surface area (Å²) in [5.41, 5.74) is 0.424. The number of nitrogens with zero attached hydrogens (tertiary/aromatic N) is 2. The number of aliphatic carboxylic acids is 1. The van der Waals surface area contributed by atoms with Gasteiger partial charge in [0.25, 0.3) is 0 Å². The molecule has 0 saturated heterocycles. The van der Waals surface area contributed by atoms with Gasteiger partial charge in [-0.05, 0) is 24.6 Å². The number of rotatable bonds is 6. The second-order valence-corrected chi connectivity index (χ2v) is 4.80. The standard InChI is InChI=1S/C15H17ClN2O3/c1-3-8-17(9-4-2)15(21)18(11-14(19)20)13-7-5-6-12(16)10-13/h1,5-7,10H,4,8-9,11H2,2H3,(H,19,20). The summed E-state index contributed by atoms with van der Waals surface area (Å²) in [5, 5.41) is 9.44. The van der Waals surface area contributed by atoms with E-state index >= 15 is 0 Å². The number of hydrogen-bond acceptors (Lipinski definition) is 2. The molecule has 0 atom stereocenters. The first kappa shape index (κ1) is 16.9. The molecule has 1 aromatic rings. The van der Waals surface area contributed by atoms with Gasteiger partial charge in [0.1, 0.15) is 6.54 Å². The second kappa shape index (κ2) is 8.18. The van der Waals surface area contributed by atoms with Crippen LogP contribution in [0, 0.1) is 12.3 Å². The average molecular weight is 309 g/mol. The Morgan fingerprint density at radius 1 is 1.43 bits per heavy atom. The lowest BCUT2D eigenvalue weighted by Gasteiger charge is -2.28. The highest BCUT2D eigenvalue weighted by Crippen LogP contribution is 2.20. The summed E-state index contributed by atoms with van der Waals surface area (Å²) in [4.78, 5) is 26.1. The van der Waals surface area contributed by atoms with Gasteiger partial charge in [0.05, 0.1) is 6.54 Å². The minimum absolute atomic E-state index is 0.128. The molecule has 0 aromatic heterocycles. The fraction of sp³-hybridized carbons (Fsp3) is 0.333. The third-order valence-electron chi connectivity index (χ3n) is 2.69. The number of hydrogen-bond donors (Lipinski definition) is 1. The zero-order valence-electron chi connectivity index (χ0n) is 11.8. The predicted octanol–water partition coefficient (Wildman–Crippen LogP) is 2.70. The Morgan fingerprint density at radius 2 is 2.14 bits per heavy atom. The molecule has 0 aliphatic heterocycles. The summed E-state index contributed by atoms with van der Waals surface area (Å²) >= 11 is 5.90. The number of terminal acetylenes is 1. The van der Waals surface area contributed by atoms with Crippen molar-refractivity contribution in [3.05, 3.63) is 29.3 Å². The summed E-state index contributed by atoms with van der Waals surface area (Å²) in [6, 6.07) is 6.04. The van der Waals surface area contributed by atoms with Gasteiger partial charge in [-0.1, -0.05) is 30.5 Å². The highest BCUT2D eigenvalue weighted by molar-refractivity contribution is 6.30. The molecule has 0 heterocycles. The molecule has 21 heavy (non-hydrogen) atoms. The molecule has 1 N–H and O–H groups in total. The van der Waals surface area contributed by atoms with Crippen LogP contribution in [0.25, 0.3) is 0 Å². The molecule has 0 fully saturated rings. The van der Waals surface area contributed by atoms with Crippen molar-refractivity contribution in [3.8, 4) is 12.3 Å². The smallest absolute Gasteiger partial charge is 0.325 e. The lowest BCUT2D eigenvalue weighted by atomic mass is 10.3. The zero-order chi connectivity index (χ0) is 15.8. The van der Waals surface area contributed by atoms with E-state index in [-0.39, 0.29) is 6.54 Å². The predicted molar refractivity (Wildman–Crippen MR) is 82.5 cm³/mol. The van der Waals surface area contributed by atoms with Crippen LogP contribution in [0.4, 0.5) is 10.5 Å². The van der Waals surface area contributed by atoms with E-state index in [1.807, 2.05) is 6.92 Å². The maximum atomic E-state index is 12.5. The summed E-state index contributed by atoms with van der Waals surface area (Å²) in [5.74, 6) is 1.30. The van der Waals surface area contributed by atoms with Crippen LogP contribution in [0.3, 0.4) is 0 Å². The van der Waals surface area contributed by atoms with Crippen molar-refractivity contribution < 1.29 is 14.7 Å². The minimum Gasteiger partial charge on any atom is -0.480 e. The number of halogens is 1. The molecule has 6 heteroatoms. The third kappa shape index (κ3) is 5.01. The van der Waals surface area contributed by atoms with E-state index in [0.717, 1.165) is 11.3 Å². The largest absolute Gasteiger partial charge is 0.480 e. The summed E-state index contributed by atoms with van der Waals surface area (Å²) in [7, 11) is 0. The molecule has 0 spiro atoms. The Morgan fingerprint density at radius 3 is 2.67 bits per heavy atom. The summed E-state index contributed by atoms with van der Waals surface area (Å²) in [6.45, 7) is 2.05. The van der Waals surface area contributed by atoms with Crippen LogP contribution in [-0.4, -0.2) is 41.6 Å². The minimum atomic E-state index is -1.11. The first-order chi connectivity index (χ1) is 9.99. The van der Waals surface area contributed by atoms with Gasteiger partial charge >= 0.3 is 12.0 Å². The average Bonchev–Trinajstić information content (AvgIpc) is 2.43. The van der Waals surface area contributed by atoms with Gasteiger partial charge in [0, 0.05) is 17.3 Å². The molecule has 0 radical (unpaired) electrons. The Balaban J connectivity index is 3.09. The lowest BCUT2D eigenvalue weighted by molar-refractivity contribution is -0.135. The number of urea groups is 1. The molecule has 0 aliphatic rings. The van der Waals surface area contributed by atoms with E-state index in [4.69, 9.17) is 23.1 Å². The Labute approximate surface area is 129 Å². The number of carbonyl (C=O) groups excluding carboxylic acids is 1. The van der Waals surface area contributed by atoms with Gasteiger partial charge < -0.3 is 10.0 Å². The van der Waals surface area contributed by atoms with Gasteiger partial charge in [0.15, 0.2) is 0 Å². The monoisotopic (exact) mass is 308 g/mol. The van der Waals surface area contributed by atoms with Crippen LogP contribution in [0.1, 0.15) is 13.3 Å². The molecular weight excluding hydrogens is 292 g/mol. The van der Waals surface area contributed by atoms with E-state index in [9.17, 15) is 9.59 Å². The summed E-state index contributed by atoms with van der Waals surface area (Å²) < 4.78 is 0. The van der Waals surface area contributed by atoms with Crippen LogP contribution < -0.4 is 4.90 Å². The number of anilines is 1. The summed E-state index contributed by atoms with van der Waals surface area (Å²) in [6.07, 6.45) is 5.99. The molecule has 2 amide bonds. The van der Waals surface area contributed by atoms with E-state index in [2.05, 4.69) is 5.92 Å². The molecule has 1 rings (SSSR count). The maximum Gasteiger partial charge on any atom is 0.325 e. The highest BCUT2D eigenvalue weighted by atomic mass is 35.5. The lowest BCUT2D eigenvalue weighted by Crippen LogP contribution is -2.46. The fourth-order valence-electron chi connectivity index (χ4n) is 1.84. The van der Waals surface area contributed by atoms with Gasteiger partial charge in [0.2, 0.25) is 0 Å². The molecule has 0 unspecified atom stereocenters. The van der Waals surface area contributed by atoms with Crippen molar-refractivity contribution in [1.82, 2.24) is 4.90 Å². The Bertz CT molecular complexity index is 554. The maximum absolute atomic E-state index is 12.5. The molecular formula is C15H17ClN2O3. The second-order valence-electron chi connectivity index (χ2n) is 4.37. The van der Waals surface area contributed by atoms with Gasteiger partial charge in [-0.3, -0.25) is 9.69 Å². The van der Waals surface area contributed by atoms with Gasteiger partial charge in [-0.2, -0.15) is 0 Å². The number of carbonyl (C=O) groups is 2. The molecule has 0 aliphatic carbocycles. The molecule has 0 bridgehead atoms. The molecule has 0 saturated carbocycles. The highest BCUT2D eigenvalue weighted by Gasteiger charge is 2.23. The van der Waals surface area contributed by atoms with Gasteiger partial charge in [-0.25, -0.2) is 4.79 Å². The van der Waals surface area contributed by atoms with E-state index < -0.39 is 18.5 Å². The first-order valence-corrected chi connectivity index (χ1v) is 6.84. The van der Waals surface area contributed by atoms with E-state index in [0.29, 0.717) is 17.3 Å². The number of carboxylic acids is 1. The van der Waals surface area contributed by atoms with Crippen molar-refractivity contribution in [3.63, 3.8) is 0 Å². The first-order valence-electron chi connectivity index (χ1n) is 6.46. The zero-order valence-corrected chi connectivity index (χ0v) is 12.5. The van der Waals surface area contributed by atoms with Crippen molar-refractivity contribution in [1.29, 1.82) is 0 Å². The van der Waals surface area contributed by atoms with Crippen molar-refractivity contribution in [2.24, 2.45) is 0 Å². The quantitative estimate of drug-likeness (QED) is 0.822. The third-order valence-corrected chi connectivity index (χ3v) is 2.93. The van der Waals surface area contributed by atoms with E-state index in [1.165, 1.54) is 4.90 Å². The van der Waals surface area contributed by atoms with Crippen molar-refractivity contribution in [2.75, 3.05) is 24.5 Å². The molecule has 5 nitrogen and oxygen atoms in total. The fourth-order valence-corrected chi connectivity index (χ4v) is 2.03. The SMILES string of the molecule is C#CCN(CCC)C(=O)N(CC(=O)O)c1cccc(Cl)c1. The molecule has 1 aromatic carbocycles. The van der Waals surface area contributed by atoms with Crippen molar-refractivity contribution >= 4 is 29.3 Å². The van der Waals surface area contributed by atoms with E-state index in [1.54, 1.807) is 24.3 Å². The Hall–Kier alpha value is -2.19. The van der Waals surface area contributed by atoms with Crippen LogP contribution in [-0.2, 0) is 4.79 Å². The van der Waals surface area contributed by atoms with Gasteiger partial charge in [-0.15, -0.1) is 6.42 Å². The van der Waals surface area contributed by atoms with Crippen LogP contribution >= 0.6 is 11.6 Å². The van der Waals surface area contributed by atoms with Crippen LogP contribution in [0.5, 0.6) is 0 Å². The number of amides is 2.